The fraction of sp³-hybridized carbons (Fsp3) is 0.458. The van der Waals surface area contributed by atoms with Crippen LogP contribution >= 0.6 is 11.8 Å². The lowest BCUT2D eigenvalue weighted by atomic mass is 9.92. The van der Waals surface area contributed by atoms with E-state index in [0.29, 0.717) is 44.6 Å². The molecule has 1 amide bonds. The number of ether oxygens (including phenoxy) is 1. The summed E-state index contributed by atoms with van der Waals surface area (Å²) >= 11 is 1.65. The molecule has 1 heterocycles. The second-order valence-electron chi connectivity index (χ2n) is 7.92. The minimum Gasteiger partial charge on any atom is -0.491 e. The summed E-state index contributed by atoms with van der Waals surface area (Å²) < 4.78 is 21.0. The largest absolute Gasteiger partial charge is 0.491 e. The molecule has 1 fully saturated rings. The molecule has 1 saturated heterocycles. The van der Waals surface area contributed by atoms with Crippen molar-refractivity contribution in [1.29, 1.82) is 0 Å². The van der Waals surface area contributed by atoms with E-state index in [2.05, 4.69) is 5.32 Å². The van der Waals surface area contributed by atoms with Gasteiger partial charge in [0.25, 0.3) is 5.91 Å². The maximum Gasteiger partial charge on any atom is 0.253 e. The van der Waals surface area contributed by atoms with Gasteiger partial charge in [-0.3, -0.25) is 4.79 Å². The van der Waals surface area contributed by atoms with Crippen LogP contribution in [-0.4, -0.2) is 55.5 Å². The molecule has 1 aliphatic heterocycles. The maximum absolute atomic E-state index is 15.2. The normalized spacial score (nSPS) is 15.8. The molecule has 0 aliphatic carbocycles. The zero-order valence-corrected chi connectivity index (χ0v) is 18.9. The van der Waals surface area contributed by atoms with Crippen molar-refractivity contribution >= 4 is 17.7 Å². The number of aryl methyl sites for hydroxylation is 2. The summed E-state index contributed by atoms with van der Waals surface area (Å²) in [5, 5.41) is 3.18. The fourth-order valence-corrected chi connectivity index (χ4v) is 4.17. The molecule has 0 aromatic heterocycles. The molecule has 6 heteroatoms. The Bertz CT molecular complexity index is 866. The molecule has 0 saturated carbocycles. The molecular formula is C24H31FN2O2S. The van der Waals surface area contributed by atoms with Crippen LogP contribution in [0.3, 0.4) is 0 Å². The lowest BCUT2D eigenvalue weighted by Gasteiger charge is -2.36. The lowest BCUT2D eigenvalue weighted by Crippen LogP contribution is -2.49. The van der Waals surface area contributed by atoms with Crippen LogP contribution in [0.1, 0.15) is 34.3 Å². The van der Waals surface area contributed by atoms with E-state index < -0.39 is 5.67 Å². The number of piperidine rings is 1. The Hall–Kier alpha value is -2.05. The number of halogens is 1. The van der Waals surface area contributed by atoms with Gasteiger partial charge in [0.2, 0.25) is 0 Å². The number of carbonyl (C=O) groups is 1. The molecule has 0 radical (unpaired) electrons. The van der Waals surface area contributed by atoms with Crippen LogP contribution < -0.4 is 10.1 Å². The van der Waals surface area contributed by atoms with E-state index in [1.54, 1.807) is 16.7 Å². The highest BCUT2D eigenvalue weighted by Crippen LogP contribution is 2.28. The van der Waals surface area contributed by atoms with Gasteiger partial charge in [-0.05, 0) is 55.5 Å². The van der Waals surface area contributed by atoms with Crippen molar-refractivity contribution < 1.29 is 13.9 Å². The summed E-state index contributed by atoms with van der Waals surface area (Å²) in [6.45, 7) is 6.28. The van der Waals surface area contributed by atoms with Gasteiger partial charge in [0.15, 0.2) is 0 Å². The first-order chi connectivity index (χ1) is 14.4. The molecule has 0 unspecified atom stereocenters. The summed E-state index contributed by atoms with van der Waals surface area (Å²) in [5.41, 5.74) is 1.67. The second kappa shape index (κ2) is 10.3. The molecule has 162 valence electrons. The molecule has 0 bridgehead atoms. The number of rotatable bonds is 8. The number of para-hydroxylation sites is 1. The Morgan fingerprint density at radius 3 is 2.60 bits per heavy atom. The average molecular weight is 431 g/mol. The maximum atomic E-state index is 15.2. The molecule has 1 aliphatic rings. The van der Waals surface area contributed by atoms with E-state index in [1.165, 1.54) is 5.56 Å². The molecule has 2 aromatic rings. The van der Waals surface area contributed by atoms with Crippen LogP contribution in [0.2, 0.25) is 0 Å². The summed E-state index contributed by atoms with van der Waals surface area (Å²) in [4.78, 5) is 15.6. The minimum atomic E-state index is -1.28. The van der Waals surface area contributed by atoms with Crippen LogP contribution in [-0.2, 0) is 0 Å². The third-order valence-electron chi connectivity index (χ3n) is 5.75. The van der Waals surface area contributed by atoms with Crippen molar-refractivity contribution in [3.63, 3.8) is 0 Å². The molecule has 0 spiro atoms. The van der Waals surface area contributed by atoms with E-state index >= 15 is 4.39 Å². The highest BCUT2D eigenvalue weighted by molar-refractivity contribution is 7.98. The van der Waals surface area contributed by atoms with Gasteiger partial charge in [0.05, 0.1) is 0 Å². The number of thioether (sulfide) groups is 1. The topological polar surface area (TPSA) is 41.6 Å². The number of likely N-dealkylation sites (tertiary alicyclic amines) is 1. The van der Waals surface area contributed by atoms with Crippen molar-refractivity contribution in [1.82, 2.24) is 10.2 Å². The Morgan fingerprint density at radius 1 is 1.17 bits per heavy atom. The molecule has 4 nitrogen and oxygen atoms in total. The van der Waals surface area contributed by atoms with E-state index in [9.17, 15) is 4.79 Å². The zero-order valence-electron chi connectivity index (χ0n) is 18.0. The van der Waals surface area contributed by atoms with Gasteiger partial charge in [0, 0.05) is 49.5 Å². The molecule has 2 aromatic carbocycles. The number of nitrogens with one attached hydrogen (secondary N) is 1. The Morgan fingerprint density at radius 2 is 1.90 bits per heavy atom. The number of nitrogens with zero attached hydrogens (tertiary/aromatic N) is 1. The SMILES string of the molecule is CSc1ccccc1OCCNCC1(F)CCN(C(=O)c2ccc(C)c(C)c2)CC1. The third-order valence-corrected chi connectivity index (χ3v) is 6.52. The lowest BCUT2D eigenvalue weighted by molar-refractivity contribution is 0.0433. The minimum absolute atomic E-state index is 0.00558. The van der Waals surface area contributed by atoms with E-state index in [1.807, 2.05) is 62.6 Å². The fourth-order valence-electron chi connectivity index (χ4n) is 3.63. The number of amides is 1. The first-order valence-electron chi connectivity index (χ1n) is 10.4. The van der Waals surface area contributed by atoms with Crippen LogP contribution in [0.25, 0.3) is 0 Å². The predicted molar refractivity (Wildman–Crippen MR) is 121 cm³/mol. The van der Waals surface area contributed by atoms with Crippen LogP contribution in [0.5, 0.6) is 5.75 Å². The van der Waals surface area contributed by atoms with Crippen molar-refractivity contribution in [2.45, 2.75) is 37.3 Å². The quantitative estimate of drug-likeness (QED) is 0.489. The number of hydrogen-bond acceptors (Lipinski definition) is 4. The highest BCUT2D eigenvalue weighted by atomic mass is 32.2. The first kappa shape index (κ1) is 22.6. The number of alkyl halides is 1. The summed E-state index contributed by atoms with van der Waals surface area (Å²) in [6, 6.07) is 13.7. The van der Waals surface area contributed by atoms with Gasteiger partial charge < -0.3 is 15.0 Å². The molecule has 1 N–H and O–H groups in total. The highest BCUT2D eigenvalue weighted by Gasteiger charge is 2.35. The van der Waals surface area contributed by atoms with Gasteiger partial charge in [-0.1, -0.05) is 18.2 Å². The van der Waals surface area contributed by atoms with Crippen LogP contribution in [0.4, 0.5) is 4.39 Å². The summed E-state index contributed by atoms with van der Waals surface area (Å²) in [5.74, 6) is 0.855. The van der Waals surface area contributed by atoms with Crippen molar-refractivity contribution in [2.24, 2.45) is 0 Å². The van der Waals surface area contributed by atoms with Gasteiger partial charge in [0.1, 0.15) is 18.0 Å². The van der Waals surface area contributed by atoms with Gasteiger partial charge in [-0.2, -0.15) is 0 Å². The number of benzene rings is 2. The smallest absolute Gasteiger partial charge is 0.253 e. The summed E-state index contributed by atoms with van der Waals surface area (Å²) in [6.07, 6.45) is 2.73. The Labute approximate surface area is 183 Å². The summed E-state index contributed by atoms with van der Waals surface area (Å²) in [7, 11) is 0. The van der Waals surface area contributed by atoms with E-state index in [4.69, 9.17) is 4.74 Å². The predicted octanol–water partition coefficient (Wildman–Crippen LogP) is 4.64. The molecular weight excluding hydrogens is 399 g/mol. The van der Waals surface area contributed by atoms with E-state index in [0.717, 1.165) is 16.2 Å². The average Bonchev–Trinajstić information content (AvgIpc) is 2.76. The Balaban J connectivity index is 1.41. The van der Waals surface area contributed by atoms with Crippen LogP contribution in [0.15, 0.2) is 47.4 Å². The Kier molecular flexibility index (Phi) is 7.78. The van der Waals surface area contributed by atoms with Crippen molar-refractivity contribution in [2.75, 3.05) is 39.0 Å². The monoisotopic (exact) mass is 430 g/mol. The number of hydrogen-bond donors (Lipinski definition) is 1. The molecule has 3 rings (SSSR count). The van der Waals surface area contributed by atoms with Gasteiger partial charge in [-0.25, -0.2) is 4.39 Å². The number of carbonyl (C=O) groups excluding carboxylic acids is 1. The second-order valence-corrected chi connectivity index (χ2v) is 8.77. The molecule has 0 atom stereocenters. The van der Waals surface area contributed by atoms with Crippen molar-refractivity contribution in [3.8, 4) is 5.75 Å². The van der Waals surface area contributed by atoms with Gasteiger partial charge in [-0.15, -0.1) is 11.8 Å². The first-order valence-corrected chi connectivity index (χ1v) is 11.7. The standard InChI is InChI=1S/C24H31FN2O2S/c1-18-8-9-20(16-19(18)2)23(28)27-13-10-24(25,11-14-27)17-26-12-15-29-21-6-4-5-7-22(21)30-3/h4-9,16,26H,10-15,17H2,1-3H3. The van der Waals surface area contributed by atoms with E-state index in [-0.39, 0.29) is 12.5 Å². The van der Waals surface area contributed by atoms with Crippen molar-refractivity contribution in [3.05, 3.63) is 59.2 Å². The molecule has 30 heavy (non-hydrogen) atoms. The van der Waals surface area contributed by atoms with Gasteiger partial charge >= 0.3 is 0 Å². The zero-order chi connectivity index (χ0) is 21.6. The van der Waals surface area contributed by atoms with Crippen LogP contribution in [0, 0.1) is 13.8 Å². The third kappa shape index (κ3) is 5.76.